The molecule has 0 spiro atoms. The molecule has 1 aromatic carbocycles. The first-order valence-electron chi connectivity index (χ1n) is 6.81. The van der Waals surface area contributed by atoms with E-state index in [1.54, 1.807) is 11.8 Å². The molecule has 1 N–H and O–H groups in total. The number of thioether (sulfide) groups is 1. The van der Waals surface area contributed by atoms with Crippen molar-refractivity contribution in [2.75, 3.05) is 18.5 Å². The number of ether oxygens (including phenoxy) is 1. The third-order valence-corrected chi connectivity index (χ3v) is 7.51. The van der Waals surface area contributed by atoms with E-state index in [4.69, 9.17) is 4.74 Å². The van der Waals surface area contributed by atoms with E-state index in [-0.39, 0.29) is 5.91 Å². The van der Waals surface area contributed by atoms with Gasteiger partial charge in [-0.15, -0.1) is 11.8 Å². The number of nitrogens with one attached hydrogen (secondary N) is 1. The second-order valence-corrected chi connectivity index (χ2v) is 11.3. The number of rotatable bonds is 4. The Morgan fingerprint density at radius 2 is 2.05 bits per heavy atom. The molecule has 0 fully saturated rings. The van der Waals surface area contributed by atoms with Crippen molar-refractivity contribution in [3.05, 3.63) is 41.0 Å². The second kappa shape index (κ2) is 6.50. The van der Waals surface area contributed by atoms with Gasteiger partial charge in [0.15, 0.2) is 0 Å². The van der Waals surface area contributed by atoms with Crippen LogP contribution in [-0.2, 0) is 9.53 Å². The highest BCUT2D eigenvalue weighted by atomic mass is 32.2. The van der Waals surface area contributed by atoms with Gasteiger partial charge in [-0.1, -0.05) is 48.6 Å². The van der Waals surface area contributed by atoms with E-state index in [1.807, 2.05) is 13.0 Å². The van der Waals surface area contributed by atoms with Crippen LogP contribution in [0.15, 0.2) is 41.0 Å². The van der Waals surface area contributed by atoms with Crippen molar-refractivity contribution < 1.29 is 9.53 Å². The van der Waals surface area contributed by atoms with Gasteiger partial charge in [0.25, 0.3) is 5.91 Å². The highest BCUT2D eigenvalue weighted by molar-refractivity contribution is 8.04. The van der Waals surface area contributed by atoms with Crippen LogP contribution in [-0.4, -0.2) is 32.5 Å². The summed E-state index contributed by atoms with van der Waals surface area (Å²) in [6, 6.07) is 10.5. The minimum absolute atomic E-state index is 0.00343. The van der Waals surface area contributed by atoms with Gasteiger partial charge < -0.3 is 10.1 Å². The molecule has 2 rings (SSSR count). The summed E-state index contributed by atoms with van der Waals surface area (Å²) >= 11 is 1.58. The third kappa shape index (κ3) is 3.67. The average molecular weight is 307 g/mol. The Hall–Kier alpha value is -1.20. The summed E-state index contributed by atoms with van der Waals surface area (Å²) in [5, 5.41) is 4.45. The molecule has 1 aliphatic rings. The molecule has 0 saturated heterocycles. The van der Waals surface area contributed by atoms with Crippen LogP contribution in [0, 0.1) is 0 Å². The topological polar surface area (TPSA) is 38.3 Å². The molecule has 1 aliphatic heterocycles. The van der Waals surface area contributed by atoms with Crippen molar-refractivity contribution in [1.29, 1.82) is 0 Å². The molecule has 0 saturated carbocycles. The van der Waals surface area contributed by atoms with E-state index in [9.17, 15) is 4.79 Å². The van der Waals surface area contributed by atoms with Crippen LogP contribution in [0.3, 0.4) is 0 Å². The number of carbonyl (C=O) groups is 1. The lowest BCUT2D eigenvalue weighted by Crippen LogP contribution is -2.52. The normalized spacial score (nSPS) is 15.8. The van der Waals surface area contributed by atoms with Crippen LogP contribution in [0.5, 0.6) is 0 Å². The average Bonchev–Trinajstić information content (AvgIpc) is 2.46. The predicted octanol–water partition coefficient (Wildman–Crippen LogP) is 2.25. The van der Waals surface area contributed by atoms with Gasteiger partial charge >= 0.3 is 0 Å². The lowest BCUT2D eigenvalue weighted by molar-refractivity contribution is -0.116. The van der Waals surface area contributed by atoms with Gasteiger partial charge in [-0.3, -0.25) is 4.79 Å². The van der Waals surface area contributed by atoms with E-state index in [0.717, 1.165) is 22.6 Å². The largest absolute Gasteiger partial charge is 0.496 e. The standard InChI is InChI=1S/C15H21NO2SSi/c1-12-14(19-10-9-18-12)15(17)16-11-20(2,3)13-7-5-4-6-8-13/h4-8H,9-11H2,1-3H3,(H,16,17). The molecular weight excluding hydrogens is 286 g/mol. The van der Waals surface area contributed by atoms with Gasteiger partial charge in [0.1, 0.15) is 18.7 Å². The van der Waals surface area contributed by atoms with Crippen LogP contribution in [0.2, 0.25) is 13.1 Å². The number of carbonyl (C=O) groups excluding carboxylic acids is 1. The van der Waals surface area contributed by atoms with Crippen LogP contribution in [0.4, 0.5) is 0 Å². The number of hydrogen-bond acceptors (Lipinski definition) is 3. The first-order valence-corrected chi connectivity index (χ1v) is 11.0. The lowest BCUT2D eigenvalue weighted by Gasteiger charge is -2.24. The Morgan fingerprint density at radius 1 is 1.35 bits per heavy atom. The fourth-order valence-corrected chi connectivity index (χ4v) is 4.84. The summed E-state index contributed by atoms with van der Waals surface area (Å²) in [4.78, 5) is 13.0. The van der Waals surface area contributed by atoms with E-state index in [1.165, 1.54) is 5.19 Å². The van der Waals surface area contributed by atoms with Crippen molar-refractivity contribution in [3.63, 3.8) is 0 Å². The molecule has 0 aromatic heterocycles. The minimum Gasteiger partial charge on any atom is -0.496 e. The van der Waals surface area contributed by atoms with Crippen LogP contribution in [0.1, 0.15) is 6.92 Å². The summed E-state index contributed by atoms with van der Waals surface area (Å²) < 4.78 is 5.44. The van der Waals surface area contributed by atoms with E-state index < -0.39 is 8.07 Å². The molecular formula is C15H21NO2SSi. The molecule has 0 aliphatic carbocycles. The SMILES string of the molecule is CC1=C(C(=O)NC[Si](C)(C)c2ccccc2)SCCO1. The lowest BCUT2D eigenvalue weighted by atomic mass is 10.4. The zero-order chi connectivity index (χ0) is 14.6. The second-order valence-electron chi connectivity index (χ2n) is 5.51. The van der Waals surface area contributed by atoms with Crippen molar-refractivity contribution in [2.45, 2.75) is 20.0 Å². The zero-order valence-corrected chi connectivity index (χ0v) is 14.0. The van der Waals surface area contributed by atoms with E-state index in [2.05, 4.69) is 42.7 Å². The summed E-state index contributed by atoms with van der Waals surface area (Å²) in [6.07, 6.45) is 0.743. The summed E-state index contributed by atoms with van der Waals surface area (Å²) in [7, 11) is -1.63. The highest BCUT2D eigenvalue weighted by Crippen LogP contribution is 2.25. The number of amides is 1. The fraction of sp³-hybridized carbons (Fsp3) is 0.400. The maximum absolute atomic E-state index is 12.2. The number of benzene rings is 1. The molecule has 108 valence electrons. The van der Waals surface area contributed by atoms with Gasteiger partial charge in [0.05, 0.1) is 6.61 Å². The Labute approximate surface area is 125 Å². The molecule has 0 unspecified atom stereocenters. The van der Waals surface area contributed by atoms with Crippen molar-refractivity contribution in [1.82, 2.24) is 5.32 Å². The molecule has 0 atom stereocenters. The zero-order valence-electron chi connectivity index (χ0n) is 12.2. The maximum Gasteiger partial charge on any atom is 0.260 e. The van der Waals surface area contributed by atoms with Gasteiger partial charge in [-0.05, 0) is 6.92 Å². The maximum atomic E-state index is 12.2. The molecule has 1 amide bonds. The molecule has 20 heavy (non-hydrogen) atoms. The van der Waals surface area contributed by atoms with Gasteiger partial charge in [-0.2, -0.15) is 0 Å². The summed E-state index contributed by atoms with van der Waals surface area (Å²) in [5.41, 5.74) is 0. The molecule has 1 aromatic rings. The quantitative estimate of drug-likeness (QED) is 0.867. The van der Waals surface area contributed by atoms with Crippen molar-refractivity contribution >= 4 is 30.9 Å². The molecule has 3 nitrogen and oxygen atoms in total. The molecule has 5 heteroatoms. The van der Waals surface area contributed by atoms with Gasteiger partial charge in [0.2, 0.25) is 0 Å². The Morgan fingerprint density at radius 3 is 2.70 bits per heavy atom. The van der Waals surface area contributed by atoms with Crippen LogP contribution in [0.25, 0.3) is 0 Å². The Balaban J connectivity index is 2.00. The smallest absolute Gasteiger partial charge is 0.260 e. The third-order valence-electron chi connectivity index (χ3n) is 3.42. The van der Waals surface area contributed by atoms with Crippen molar-refractivity contribution in [3.8, 4) is 0 Å². The summed E-state index contributed by atoms with van der Waals surface area (Å²) in [5.74, 6) is 1.60. The first-order chi connectivity index (χ1) is 9.50. The predicted molar refractivity (Wildman–Crippen MR) is 87.7 cm³/mol. The highest BCUT2D eigenvalue weighted by Gasteiger charge is 2.26. The van der Waals surface area contributed by atoms with Gasteiger partial charge in [0, 0.05) is 11.9 Å². The van der Waals surface area contributed by atoms with Gasteiger partial charge in [-0.25, -0.2) is 0 Å². The molecule has 0 bridgehead atoms. The Kier molecular flexibility index (Phi) is 4.94. The fourth-order valence-electron chi connectivity index (χ4n) is 2.10. The van der Waals surface area contributed by atoms with E-state index >= 15 is 0 Å². The van der Waals surface area contributed by atoms with Crippen molar-refractivity contribution in [2.24, 2.45) is 0 Å². The van der Waals surface area contributed by atoms with E-state index in [0.29, 0.717) is 6.61 Å². The molecule has 0 radical (unpaired) electrons. The first kappa shape index (κ1) is 15.2. The van der Waals surface area contributed by atoms with Crippen LogP contribution < -0.4 is 10.5 Å². The number of hydrogen-bond donors (Lipinski definition) is 1. The monoisotopic (exact) mass is 307 g/mol. The number of allylic oxidation sites excluding steroid dienone is 1. The minimum atomic E-state index is -1.63. The Bertz CT molecular complexity index is 514. The molecule has 1 heterocycles. The summed E-state index contributed by atoms with van der Waals surface area (Å²) in [6.45, 7) is 7.10. The van der Waals surface area contributed by atoms with Crippen LogP contribution >= 0.6 is 11.8 Å².